The van der Waals surface area contributed by atoms with Crippen LogP contribution in [0.15, 0.2) is 42.5 Å². The molecule has 6 nitrogen and oxygen atoms in total. The van der Waals surface area contributed by atoms with Crippen molar-refractivity contribution in [3.63, 3.8) is 0 Å². The molecule has 0 radical (unpaired) electrons. The molecule has 0 bridgehead atoms. The number of ketones is 1. The Hall–Kier alpha value is -2.99. The van der Waals surface area contributed by atoms with Crippen molar-refractivity contribution in [1.82, 2.24) is 10.2 Å². The van der Waals surface area contributed by atoms with E-state index in [1.807, 2.05) is 13.0 Å². The van der Waals surface area contributed by atoms with E-state index < -0.39 is 0 Å². The second-order valence-electron chi connectivity index (χ2n) is 10.3. The number of aldehydes is 1. The maximum atomic E-state index is 12.0. The van der Waals surface area contributed by atoms with E-state index in [2.05, 4.69) is 53.5 Å². The first kappa shape index (κ1) is 28.6. The lowest BCUT2D eigenvalue weighted by Gasteiger charge is -2.45. The van der Waals surface area contributed by atoms with Gasteiger partial charge in [-0.05, 0) is 57.7 Å². The van der Waals surface area contributed by atoms with Crippen molar-refractivity contribution in [2.75, 3.05) is 26.7 Å². The largest absolute Gasteiger partial charge is 0.493 e. The van der Waals surface area contributed by atoms with Gasteiger partial charge < -0.3 is 14.8 Å². The zero-order chi connectivity index (χ0) is 26.8. The third kappa shape index (κ3) is 7.07. The summed E-state index contributed by atoms with van der Waals surface area (Å²) in [7, 11) is 1.60. The van der Waals surface area contributed by atoms with Crippen molar-refractivity contribution in [2.45, 2.75) is 71.3 Å². The number of hydrogen-bond acceptors (Lipinski definition) is 5. The molecule has 1 fully saturated rings. The van der Waals surface area contributed by atoms with Gasteiger partial charge in [0.05, 0.1) is 6.61 Å². The number of hydrogen-bond donors (Lipinski definition) is 1. The normalized spacial score (nSPS) is 17.0. The molecule has 0 aromatic heterocycles. The Bertz CT molecular complexity index is 1060. The number of likely N-dealkylation sites (tertiary alicyclic amines) is 1. The van der Waals surface area contributed by atoms with Crippen LogP contribution in [0.4, 0.5) is 0 Å². The van der Waals surface area contributed by atoms with Crippen LogP contribution in [0, 0.1) is 5.92 Å². The molecule has 1 N–H and O–H groups in total. The summed E-state index contributed by atoms with van der Waals surface area (Å²) in [6.45, 7) is 9.61. The number of carbonyl (C=O) groups excluding carboxylic acids is 3. The van der Waals surface area contributed by atoms with Crippen LogP contribution in [0.3, 0.4) is 0 Å². The lowest BCUT2D eigenvalue weighted by Crippen LogP contribution is -2.45. The van der Waals surface area contributed by atoms with Crippen molar-refractivity contribution in [2.24, 2.45) is 5.92 Å². The molecule has 1 unspecified atom stereocenters. The standard InChI is InChI=1S/C24H29NO2.C7H13NO2/c1-3-20-21(18(2)26)9-10-22-23(20)27-16-13-24(22)11-14-25(15-12-24)17-19-7-5-4-6-8-19;1-6(4-3-5-9)7(10)8-2/h4-10H,3,11-17H2,1-2H3;5-6H,3-4H2,1-2H3,(H,8,10). The summed E-state index contributed by atoms with van der Waals surface area (Å²) in [6.07, 6.45) is 6.20. The van der Waals surface area contributed by atoms with Crippen LogP contribution >= 0.6 is 0 Å². The minimum Gasteiger partial charge on any atom is -0.493 e. The fourth-order valence-electron chi connectivity index (χ4n) is 5.57. The lowest BCUT2D eigenvalue weighted by atomic mass is 9.68. The molecular formula is C31H42N2O4. The number of nitrogens with zero attached hydrogens (tertiary/aromatic N) is 1. The number of ether oxygens (including phenoxy) is 1. The first-order chi connectivity index (χ1) is 17.8. The van der Waals surface area contributed by atoms with Crippen molar-refractivity contribution in [1.29, 1.82) is 0 Å². The summed E-state index contributed by atoms with van der Waals surface area (Å²) in [6, 6.07) is 15.0. The third-order valence-corrected chi connectivity index (χ3v) is 7.87. The molecule has 2 heterocycles. The number of benzene rings is 2. The van der Waals surface area contributed by atoms with E-state index in [-0.39, 0.29) is 23.0 Å². The number of carbonyl (C=O) groups is 3. The molecule has 2 aliphatic heterocycles. The molecule has 6 heteroatoms. The number of amides is 1. The van der Waals surface area contributed by atoms with E-state index >= 15 is 0 Å². The van der Waals surface area contributed by atoms with E-state index in [9.17, 15) is 14.4 Å². The Morgan fingerprint density at radius 1 is 1.11 bits per heavy atom. The summed E-state index contributed by atoms with van der Waals surface area (Å²) in [5, 5.41) is 2.52. The van der Waals surface area contributed by atoms with Gasteiger partial charge in [0.15, 0.2) is 5.78 Å². The van der Waals surface area contributed by atoms with E-state index in [4.69, 9.17) is 4.74 Å². The maximum absolute atomic E-state index is 12.0. The van der Waals surface area contributed by atoms with Crippen LogP contribution in [0.2, 0.25) is 0 Å². The zero-order valence-electron chi connectivity index (χ0n) is 22.8. The fraction of sp³-hybridized carbons (Fsp3) is 0.516. The predicted octanol–water partition coefficient (Wildman–Crippen LogP) is 5.12. The second-order valence-corrected chi connectivity index (χ2v) is 10.3. The van der Waals surface area contributed by atoms with Gasteiger partial charge in [0.2, 0.25) is 5.91 Å². The molecule has 1 spiro atoms. The Morgan fingerprint density at radius 2 is 1.81 bits per heavy atom. The quantitative estimate of drug-likeness (QED) is 0.398. The fourth-order valence-corrected chi connectivity index (χ4v) is 5.57. The van der Waals surface area contributed by atoms with Crippen LogP contribution in [0.25, 0.3) is 0 Å². The Balaban J connectivity index is 0.000000325. The summed E-state index contributed by atoms with van der Waals surface area (Å²) < 4.78 is 6.12. The summed E-state index contributed by atoms with van der Waals surface area (Å²) in [5.74, 6) is 1.10. The highest BCUT2D eigenvalue weighted by atomic mass is 16.5. The summed E-state index contributed by atoms with van der Waals surface area (Å²) in [5.41, 5.74) is 4.87. The molecule has 0 aliphatic carbocycles. The average molecular weight is 507 g/mol. The van der Waals surface area contributed by atoms with Gasteiger partial charge in [-0.1, -0.05) is 56.3 Å². The minimum absolute atomic E-state index is 0.00171. The molecule has 200 valence electrons. The van der Waals surface area contributed by atoms with Gasteiger partial charge in [-0.15, -0.1) is 0 Å². The van der Waals surface area contributed by atoms with Crippen LogP contribution in [-0.4, -0.2) is 49.6 Å². The number of fused-ring (bicyclic) bond motifs is 2. The summed E-state index contributed by atoms with van der Waals surface area (Å²) >= 11 is 0. The third-order valence-electron chi connectivity index (χ3n) is 7.87. The van der Waals surface area contributed by atoms with Gasteiger partial charge in [-0.3, -0.25) is 14.5 Å². The first-order valence-corrected chi connectivity index (χ1v) is 13.6. The average Bonchev–Trinajstić information content (AvgIpc) is 2.93. The molecule has 1 amide bonds. The van der Waals surface area contributed by atoms with Crippen LogP contribution in [-0.2, 0) is 28.0 Å². The van der Waals surface area contributed by atoms with E-state index in [0.29, 0.717) is 12.8 Å². The van der Waals surface area contributed by atoms with Crippen molar-refractivity contribution in [3.05, 3.63) is 64.7 Å². The molecule has 2 aromatic carbocycles. The molecule has 4 rings (SSSR count). The van der Waals surface area contributed by atoms with Gasteiger partial charge in [0, 0.05) is 48.0 Å². The lowest BCUT2D eigenvalue weighted by molar-refractivity contribution is -0.124. The minimum atomic E-state index is -0.0461. The van der Waals surface area contributed by atoms with Crippen molar-refractivity contribution >= 4 is 18.0 Å². The molecule has 2 aromatic rings. The highest BCUT2D eigenvalue weighted by molar-refractivity contribution is 5.96. The SMILES string of the molecule is CCc1c(C(C)=O)ccc2c1OCCC21CCN(Cc2ccccc2)CC1.CNC(=O)C(C)CCC=O. The molecule has 1 atom stereocenters. The molecule has 2 aliphatic rings. The van der Waals surface area contributed by atoms with Crippen molar-refractivity contribution in [3.8, 4) is 5.75 Å². The number of rotatable bonds is 8. The molecule has 37 heavy (non-hydrogen) atoms. The van der Waals surface area contributed by atoms with Crippen LogP contribution < -0.4 is 10.1 Å². The second kappa shape index (κ2) is 13.5. The number of piperidine rings is 1. The van der Waals surface area contributed by atoms with Crippen LogP contribution in [0.1, 0.15) is 79.9 Å². The van der Waals surface area contributed by atoms with Gasteiger partial charge in [0.25, 0.3) is 0 Å². The maximum Gasteiger partial charge on any atom is 0.222 e. The monoisotopic (exact) mass is 506 g/mol. The highest BCUT2D eigenvalue weighted by Gasteiger charge is 2.41. The molecule has 1 saturated heterocycles. The number of nitrogens with one attached hydrogen (secondary N) is 1. The van der Waals surface area contributed by atoms with Gasteiger partial charge in [-0.25, -0.2) is 0 Å². The molecular weight excluding hydrogens is 464 g/mol. The Kier molecular flexibility index (Phi) is 10.4. The van der Waals surface area contributed by atoms with Gasteiger partial charge in [0.1, 0.15) is 12.0 Å². The van der Waals surface area contributed by atoms with Gasteiger partial charge >= 0.3 is 0 Å². The van der Waals surface area contributed by atoms with E-state index in [1.54, 1.807) is 14.0 Å². The van der Waals surface area contributed by atoms with E-state index in [1.165, 1.54) is 24.0 Å². The predicted molar refractivity (Wildman–Crippen MR) is 147 cm³/mol. The number of Topliss-reactive ketones (excluding diaryl/α,β-unsaturated/α-hetero) is 1. The topological polar surface area (TPSA) is 75.7 Å². The zero-order valence-corrected chi connectivity index (χ0v) is 22.8. The Morgan fingerprint density at radius 3 is 2.41 bits per heavy atom. The first-order valence-electron chi connectivity index (χ1n) is 13.6. The van der Waals surface area contributed by atoms with E-state index in [0.717, 1.165) is 62.2 Å². The van der Waals surface area contributed by atoms with Crippen molar-refractivity contribution < 1.29 is 19.1 Å². The van der Waals surface area contributed by atoms with Crippen LogP contribution in [0.5, 0.6) is 5.75 Å². The molecule has 0 saturated carbocycles. The summed E-state index contributed by atoms with van der Waals surface area (Å²) in [4.78, 5) is 35.3. The Labute approximate surface area is 221 Å². The highest BCUT2D eigenvalue weighted by Crippen LogP contribution is 2.48. The smallest absolute Gasteiger partial charge is 0.222 e. The van der Waals surface area contributed by atoms with Gasteiger partial charge in [-0.2, -0.15) is 0 Å².